The molecular weight excluding hydrogens is 558 g/mol. The van der Waals surface area contributed by atoms with Gasteiger partial charge >= 0.3 is 0 Å². The highest BCUT2D eigenvalue weighted by molar-refractivity contribution is 9.10. The van der Waals surface area contributed by atoms with Crippen LogP contribution in [0.25, 0.3) is 5.69 Å². The van der Waals surface area contributed by atoms with Crippen molar-refractivity contribution >= 4 is 44.9 Å². The predicted octanol–water partition coefficient (Wildman–Crippen LogP) is 6.56. The number of thiocarbonyl (C=S) groups is 1. The van der Waals surface area contributed by atoms with E-state index in [-0.39, 0.29) is 18.0 Å². The minimum Gasteiger partial charge on any atom is -0.352 e. The molecule has 1 fully saturated rings. The third-order valence-corrected chi connectivity index (χ3v) is 7.98. The number of rotatable bonds is 7. The van der Waals surface area contributed by atoms with Gasteiger partial charge in [0, 0.05) is 40.7 Å². The Labute approximate surface area is 237 Å². The molecule has 3 heterocycles. The van der Waals surface area contributed by atoms with Gasteiger partial charge in [-0.2, -0.15) is 0 Å². The molecule has 5 rings (SSSR count). The van der Waals surface area contributed by atoms with Crippen LogP contribution in [-0.2, 0) is 4.79 Å². The lowest BCUT2D eigenvalue weighted by atomic mass is 9.96. The molecule has 0 radical (unpaired) electrons. The van der Waals surface area contributed by atoms with Crippen molar-refractivity contribution in [3.05, 3.63) is 112 Å². The molecule has 1 amide bonds. The zero-order valence-corrected chi connectivity index (χ0v) is 24.0. The molecule has 0 bridgehead atoms. The highest BCUT2D eigenvalue weighted by Crippen LogP contribution is 2.42. The first-order valence-electron chi connectivity index (χ1n) is 12.6. The summed E-state index contributed by atoms with van der Waals surface area (Å²) in [6, 6.07) is 23.9. The fourth-order valence-corrected chi connectivity index (χ4v) is 6.04. The topological polar surface area (TPSA) is 62.2 Å². The van der Waals surface area contributed by atoms with E-state index in [2.05, 4.69) is 73.1 Å². The first kappa shape index (κ1) is 26.1. The number of anilines is 1. The third kappa shape index (κ3) is 5.24. The zero-order chi connectivity index (χ0) is 26.8. The monoisotopic (exact) mass is 587 g/mol. The van der Waals surface area contributed by atoms with Crippen molar-refractivity contribution in [1.29, 1.82) is 0 Å². The van der Waals surface area contributed by atoms with E-state index < -0.39 is 0 Å². The van der Waals surface area contributed by atoms with E-state index in [0.717, 1.165) is 44.1 Å². The van der Waals surface area contributed by atoms with E-state index in [1.807, 2.05) is 61.5 Å². The van der Waals surface area contributed by atoms with Crippen LogP contribution >= 0.6 is 28.1 Å². The number of nitrogens with zero attached hydrogens (tertiary/aromatic N) is 3. The number of aromatic nitrogens is 2. The lowest BCUT2D eigenvalue weighted by Crippen LogP contribution is -2.32. The number of halogens is 1. The lowest BCUT2D eigenvalue weighted by Gasteiger charge is -2.28. The van der Waals surface area contributed by atoms with Crippen molar-refractivity contribution < 1.29 is 4.79 Å². The normalized spacial score (nSPS) is 16.9. The number of hydrogen-bond acceptors (Lipinski definition) is 3. The lowest BCUT2D eigenvalue weighted by molar-refractivity contribution is -0.116. The smallest absolute Gasteiger partial charge is 0.226 e. The van der Waals surface area contributed by atoms with Gasteiger partial charge in [0.05, 0.1) is 23.5 Å². The first-order chi connectivity index (χ1) is 18.3. The van der Waals surface area contributed by atoms with Crippen molar-refractivity contribution in [3.8, 4) is 5.69 Å². The van der Waals surface area contributed by atoms with Crippen LogP contribution in [0.2, 0.25) is 0 Å². The van der Waals surface area contributed by atoms with E-state index in [4.69, 9.17) is 12.2 Å². The van der Waals surface area contributed by atoms with E-state index in [9.17, 15) is 4.79 Å². The molecule has 1 aliphatic heterocycles. The summed E-state index contributed by atoms with van der Waals surface area (Å²) >= 11 is 9.55. The fraction of sp³-hybridized carbons (Fsp3) is 0.233. The van der Waals surface area contributed by atoms with Crippen LogP contribution in [0, 0.1) is 20.8 Å². The van der Waals surface area contributed by atoms with Crippen molar-refractivity contribution in [3.63, 3.8) is 0 Å². The molecule has 2 N–H and O–H groups in total. The summed E-state index contributed by atoms with van der Waals surface area (Å²) in [6.07, 6.45) is 2.11. The van der Waals surface area contributed by atoms with Gasteiger partial charge in [-0.25, -0.2) is 0 Å². The number of para-hydroxylation sites is 1. The molecule has 8 heteroatoms. The van der Waals surface area contributed by atoms with E-state index >= 15 is 0 Å². The van der Waals surface area contributed by atoms with Crippen molar-refractivity contribution in [2.45, 2.75) is 39.3 Å². The van der Waals surface area contributed by atoms with Crippen LogP contribution < -0.4 is 10.6 Å². The number of amides is 1. The molecule has 2 aromatic carbocycles. The van der Waals surface area contributed by atoms with Crippen molar-refractivity contribution in [1.82, 2.24) is 19.8 Å². The van der Waals surface area contributed by atoms with Gasteiger partial charge in [0.2, 0.25) is 5.91 Å². The number of aryl methyl sites for hydroxylation is 2. The molecule has 0 spiro atoms. The Bertz CT molecular complexity index is 1490. The Morgan fingerprint density at radius 1 is 1.05 bits per heavy atom. The van der Waals surface area contributed by atoms with Gasteiger partial charge in [0.25, 0.3) is 0 Å². The third-order valence-electron chi connectivity index (χ3n) is 6.96. The van der Waals surface area contributed by atoms with Gasteiger partial charge in [-0.05, 0) is 103 Å². The largest absolute Gasteiger partial charge is 0.352 e. The number of benzene rings is 2. The minimum atomic E-state index is -0.142. The van der Waals surface area contributed by atoms with Gasteiger partial charge in [-0.3, -0.25) is 9.78 Å². The summed E-state index contributed by atoms with van der Waals surface area (Å²) in [6.45, 7) is 6.75. The molecule has 1 saturated heterocycles. The summed E-state index contributed by atoms with van der Waals surface area (Å²) in [5.74, 6) is -0.0443. The van der Waals surface area contributed by atoms with Gasteiger partial charge in [-0.1, -0.05) is 30.3 Å². The molecule has 1 aliphatic rings. The summed E-state index contributed by atoms with van der Waals surface area (Å²) in [5.41, 5.74) is 7.31. The Balaban J connectivity index is 1.48. The molecular formula is C30H30BrN5OS. The second kappa shape index (κ2) is 11.1. The maximum Gasteiger partial charge on any atom is 0.226 e. The Morgan fingerprint density at radius 3 is 2.58 bits per heavy atom. The van der Waals surface area contributed by atoms with Crippen LogP contribution in [0.15, 0.2) is 83.5 Å². The summed E-state index contributed by atoms with van der Waals surface area (Å²) in [4.78, 5) is 19.7. The number of carbonyl (C=O) groups excluding carboxylic acids is 1. The summed E-state index contributed by atoms with van der Waals surface area (Å²) < 4.78 is 3.29. The number of pyridine rings is 1. The molecule has 0 saturated carbocycles. The Hall–Kier alpha value is -3.49. The first-order valence-corrected chi connectivity index (χ1v) is 13.8. The van der Waals surface area contributed by atoms with Crippen LogP contribution in [0.1, 0.15) is 46.7 Å². The van der Waals surface area contributed by atoms with Gasteiger partial charge < -0.3 is 20.1 Å². The fourth-order valence-electron chi connectivity index (χ4n) is 5.24. The number of nitrogens with one attached hydrogen (secondary N) is 2. The maximum atomic E-state index is 12.9. The molecule has 4 aromatic rings. The SMILES string of the molecule is Cc1cccc(NC(=O)CCN2C(=S)N[C@H](c3ccccn3)[C@H]2c2cc(C)n(-c3ccccc3Br)c2C)c1. The minimum absolute atomic E-state index is 0.0443. The molecule has 2 atom stereocenters. The second-order valence-corrected chi connectivity index (χ2v) is 10.8. The highest BCUT2D eigenvalue weighted by Gasteiger charge is 2.41. The Morgan fingerprint density at radius 2 is 1.84 bits per heavy atom. The van der Waals surface area contributed by atoms with Crippen LogP contribution in [0.4, 0.5) is 5.69 Å². The highest BCUT2D eigenvalue weighted by atomic mass is 79.9. The van der Waals surface area contributed by atoms with Crippen LogP contribution in [0.5, 0.6) is 0 Å². The predicted molar refractivity (Wildman–Crippen MR) is 160 cm³/mol. The molecule has 0 unspecified atom stereocenters. The van der Waals surface area contributed by atoms with Crippen LogP contribution in [-0.4, -0.2) is 32.0 Å². The average molecular weight is 589 g/mol. The second-order valence-electron chi connectivity index (χ2n) is 9.60. The standard InChI is InChI=1S/C30H30BrN5OS/c1-19-9-8-10-22(17-19)33-27(37)14-16-35-29(28(34-30(35)38)25-12-6-7-15-32-25)23-18-20(2)36(21(23)3)26-13-5-4-11-24(26)31/h4-13,15,17-18,28-29H,14,16H2,1-3H3,(H,33,37)(H,34,38)/t28-,29-/m1/s1. The molecule has 0 aliphatic carbocycles. The molecule has 6 nitrogen and oxygen atoms in total. The van der Waals surface area contributed by atoms with E-state index in [1.54, 1.807) is 6.20 Å². The molecule has 2 aromatic heterocycles. The maximum absolute atomic E-state index is 12.9. The summed E-state index contributed by atoms with van der Waals surface area (Å²) in [5, 5.41) is 7.15. The summed E-state index contributed by atoms with van der Waals surface area (Å²) in [7, 11) is 0. The van der Waals surface area contributed by atoms with Crippen molar-refractivity contribution in [2.75, 3.05) is 11.9 Å². The van der Waals surface area contributed by atoms with Gasteiger partial charge in [-0.15, -0.1) is 0 Å². The molecule has 38 heavy (non-hydrogen) atoms. The van der Waals surface area contributed by atoms with Crippen molar-refractivity contribution in [2.24, 2.45) is 0 Å². The van der Waals surface area contributed by atoms with Crippen LogP contribution in [0.3, 0.4) is 0 Å². The van der Waals surface area contributed by atoms with E-state index in [0.29, 0.717) is 18.1 Å². The van der Waals surface area contributed by atoms with E-state index in [1.165, 1.54) is 0 Å². The number of hydrogen-bond donors (Lipinski definition) is 2. The molecule has 194 valence electrons. The Kier molecular flexibility index (Phi) is 7.63. The van der Waals surface area contributed by atoms with Gasteiger partial charge in [0.1, 0.15) is 0 Å². The average Bonchev–Trinajstić information content (AvgIpc) is 3.38. The number of carbonyl (C=O) groups is 1. The quantitative estimate of drug-likeness (QED) is 0.240. The van der Waals surface area contributed by atoms with Gasteiger partial charge in [0.15, 0.2) is 5.11 Å². The zero-order valence-electron chi connectivity index (χ0n) is 21.6.